The van der Waals surface area contributed by atoms with Crippen molar-refractivity contribution < 1.29 is 13.5 Å². The molecule has 0 unspecified atom stereocenters. The highest BCUT2D eigenvalue weighted by Crippen LogP contribution is 2.22. The fourth-order valence-corrected chi connectivity index (χ4v) is 3.13. The van der Waals surface area contributed by atoms with Gasteiger partial charge in [0.05, 0.1) is 13.7 Å². The molecule has 1 aliphatic rings. The average molecular weight is 506 g/mol. The van der Waals surface area contributed by atoms with E-state index in [1.165, 1.54) is 12.4 Å². The van der Waals surface area contributed by atoms with Gasteiger partial charge in [0.25, 0.3) is 0 Å². The summed E-state index contributed by atoms with van der Waals surface area (Å²) in [6.45, 7) is 0.817. The van der Waals surface area contributed by atoms with E-state index < -0.39 is 6.55 Å². The highest BCUT2D eigenvalue weighted by Gasteiger charge is 2.21. The summed E-state index contributed by atoms with van der Waals surface area (Å²) >= 11 is 0. The molecule has 0 aliphatic carbocycles. The average Bonchev–Trinajstić information content (AvgIpc) is 3.18. The Balaban J connectivity index is 0.00000280. The minimum atomic E-state index is -2.60. The predicted octanol–water partition coefficient (Wildman–Crippen LogP) is 2.80. The lowest BCUT2D eigenvalue weighted by molar-refractivity contribution is 0.0668. The standard InChI is InChI=1S/C18H24F2N6O.HI/c1-21-18(23-13-16-22-6-7-26(16)17(19)20)25-10-8-24(9-11-25)14-4-3-5-15(12-14)27-2;/h3-7,12,17H,8-11,13H2,1-2H3,(H,21,23);1H. The topological polar surface area (TPSA) is 57.9 Å². The Morgan fingerprint density at radius 1 is 1.29 bits per heavy atom. The maximum atomic E-state index is 12.9. The molecule has 3 rings (SSSR count). The number of guanidine groups is 1. The molecular weight excluding hydrogens is 481 g/mol. The molecule has 10 heteroatoms. The van der Waals surface area contributed by atoms with Gasteiger partial charge in [0.15, 0.2) is 5.96 Å². The van der Waals surface area contributed by atoms with Gasteiger partial charge in [-0.05, 0) is 12.1 Å². The van der Waals surface area contributed by atoms with E-state index in [2.05, 4.69) is 31.2 Å². The second kappa shape index (κ2) is 10.4. The van der Waals surface area contributed by atoms with E-state index in [9.17, 15) is 8.78 Å². The smallest absolute Gasteiger partial charge is 0.319 e. The monoisotopic (exact) mass is 506 g/mol. The number of rotatable bonds is 5. The van der Waals surface area contributed by atoms with Crippen molar-refractivity contribution in [1.29, 1.82) is 0 Å². The van der Waals surface area contributed by atoms with Gasteiger partial charge in [-0.25, -0.2) is 4.98 Å². The van der Waals surface area contributed by atoms with Gasteiger partial charge in [0.1, 0.15) is 11.6 Å². The summed E-state index contributed by atoms with van der Waals surface area (Å²) < 4.78 is 32.0. The van der Waals surface area contributed by atoms with Crippen molar-refractivity contribution in [2.45, 2.75) is 13.1 Å². The third-order valence-electron chi connectivity index (χ3n) is 4.57. The van der Waals surface area contributed by atoms with E-state index in [0.29, 0.717) is 5.96 Å². The van der Waals surface area contributed by atoms with Crippen LogP contribution in [0.4, 0.5) is 14.5 Å². The SMILES string of the molecule is CN=C(NCc1nccn1C(F)F)N1CCN(c2cccc(OC)c2)CC1.I. The van der Waals surface area contributed by atoms with E-state index in [0.717, 1.165) is 42.2 Å². The van der Waals surface area contributed by atoms with E-state index >= 15 is 0 Å². The molecular formula is C18H25F2IN6O. The number of ether oxygens (including phenoxy) is 1. The number of halogens is 3. The third-order valence-corrected chi connectivity index (χ3v) is 4.57. The molecule has 0 radical (unpaired) electrons. The molecule has 0 spiro atoms. The minimum Gasteiger partial charge on any atom is -0.497 e. The van der Waals surface area contributed by atoms with E-state index in [1.807, 2.05) is 18.2 Å². The van der Waals surface area contributed by atoms with Gasteiger partial charge < -0.3 is 19.9 Å². The van der Waals surface area contributed by atoms with Crippen molar-refractivity contribution in [3.63, 3.8) is 0 Å². The van der Waals surface area contributed by atoms with Crippen LogP contribution in [0.15, 0.2) is 41.7 Å². The van der Waals surface area contributed by atoms with Crippen molar-refractivity contribution >= 4 is 35.6 Å². The molecule has 7 nitrogen and oxygen atoms in total. The molecule has 0 saturated carbocycles. The molecule has 0 bridgehead atoms. The van der Waals surface area contributed by atoms with Gasteiger partial charge in [0.2, 0.25) is 0 Å². The van der Waals surface area contributed by atoms with Gasteiger partial charge in [-0.3, -0.25) is 9.56 Å². The van der Waals surface area contributed by atoms with Crippen molar-refractivity contribution in [2.24, 2.45) is 4.99 Å². The number of aliphatic imine (C=N–C) groups is 1. The summed E-state index contributed by atoms with van der Waals surface area (Å²) in [5, 5.41) is 3.13. The summed E-state index contributed by atoms with van der Waals surface area (Å²) in [7, 11) is 3.35. The lowest BCUT2D eigenvalue weighted by atomic mass is 10.2. The highest BCUT2D eigenvalue weighted by molar-refractivity contribution is 14.0. The first-order chi connectivity index (χ1) is 13.1. The lowest BCUT2D eigenvalue weighted by Crippen LogP contribution is -2.52. The van der Waals surface area contributed by atoms with Gasteiger partial charge in [-0.15, -0.1) is 24.0 Å². The fraction of sp³-hybridized carbons (Fsp3) is 0.444. The number of piperazine rings is 1. The Bertz CT molecular complexity index is 777. The van der Waals surface area contributed by atoms with Gasteiger partial charge in [0, 0.05) is 57.4 Å². The quantitative estimate of drug-likeness (QED) is 0.384. The lowest BCUT2D eigenvalue weighted by Gasteiger charge is -2.37. The van der Waals surface area contributed by atoms with Crippen molar-refractivity contribution in [2.75, 3.05) is 45.2 Å². The zero-order chi connectivity index (χ0) is 19.2. The molecule has 1 aromatic carbocycles. The number of benzene rings is 1. The Morgan fingerprint density at radius 2 is 2.04 bits per heavy atom. The van der Waals surface area contributed by atoms with Crippen molar-refractivity contribution in [3.8, 4) is 5.75 Å². The van der Waals surface area contributed by atoms with Gasteiger partial charge >= 0.3 is 6.55 Å². The summed E-state index contributed by atoms with van der Waals surface area (Å²) in [5.74, 6) is 1.80. The first-order valence-corrected chi connectivity index (χ1v) is 8.77. The summed E-state index contributed by atoms with van der Waals surface area (Å²) in [5.41, 5.74) is 1.12. The molecule has 2 heterocycles. The Morgan fingerprint density at radius 3 is 2.68 bits per heavy atom. The molecule has 1 saturated heterocycles. The number of hydrogen-bond acceptors (Lipinski definition) is 4. The molecule has 1 fully saturated rings. The second-order valence-electron chi connectivity index (χ2n) is 6.10. The fourth-order valence-electron chi connectivity index (χ4n) is 3.13. The van der Waals surface area contributed by atoms with E-state index in [4.69, 9.17) is 4.74 Å². The number of methoxy groups -OCH3 is 1. The van der Waals surface area contributed by atoms with E-state index in [-0.39, 0.29) is 36.3 Å². The van der Waals surface area contributed by atoms with Gasteiger partial charge in [-0.2, -0.15) is 8.78 Å². The van der Waals surface area contributed by atoms with E-state index in [1.54, 1.807) is 14.2 Å². The Hall–Kier alpha value is -2.11. The predicted molar refractivity (Wildman–Crippen MR) is 116 cm³/mol. The summed E-state index contributed by atoms with van der Waals surface area (Å²) in [6, 6.07) is 7.99. The molecule has 1 aromatic heterocycles. The number of hydrogen-bond donors (Lipinski definition) is 1. The highest BCUT2D eigenvalue weighted by atomic mass is 127. The maximum Gasteiger partial charge on any atom is 0.319 e. The van der Waals surface area contributed by atoms with Crippen molar-refractivity contribution in [3.05, 3.63) is 42.5 Å². The number of alkyl halides is 2. The van der Waals surface area contributed by atoms with Crippen molar-refractivity contribution in [1.82, 2.24) is 19.8 Å². The van der Waals surface area contributed by atoms with Crippen LogP contribution in [0.5, 0.6) is 5.75 Å². The zero-order valence-corrected chi connectivity index (χ0v) is 18.2. The molecule has 2 aromatic rings. The van der Waals surface area contributed by atoms with Crippen LogP contribution >= 0.6 is 24.0 Å². The van der Waals surface area contributed by atoms with Crippen LogP contribution in [0, 0.1) is 0 Å². The molecule has 1 N–H and O–H groups in total. The summed E-state index contributed by atoms with van der Waals surface area (Å²) in [4.78, 5) is 12.7. The molecule has 1 aliphatic heterocycles. The normalized spacial score (nSPS) is 14.8. The molecule has 0 amide bonds. The van der Waals surface area contributed by atoms with Crippen LogP contribution in [0.1, 0.15) is 12.4 Å². The number of nitrogens with zero attached hydrogens (tertiary/aromatic N) is 5. The summed E-state index contributed by atoms with van der Waals surface area (Å²) in [6.07, 6.45) is 2.65. The molecule has 28 heavy (non-hydrogen) atoms. The second-order valence-corrected chi connectivity index (χ2v) is 6.10. The Kier molecular flexibility index (Phi) is 8.27. The number of anilines is 1. The minimum absolute atomic E-state index is 0. The first kappa shape index (κ1) is 22.2. The molecule has 154 valence electrons. The van der Waals surface area contributed by atoms with Crippen LogP contribution < -0.4 is 15.0 Å². The third kappa shape index (κ3) is 5.24. The van der Waals surface area contributed by atoms with Crippen LogP contribution in [0.2, 0.25) is 0 Å². The van der Waals surface area contributed by atoms with Gasteiger partial charge in [-0.1, -0.05) is 6.07 Å². The van der Waals surface area contributed by atoms with Crippen LogP contribution in [0.25, 0.3) is 0 Å². The van der Waals surface area contributed by atoms with Crippen LogP contribution in [0.3, 0.4) is 0 Å². The number of nitrogens with one attached hydrogen (secondary N) is 1. The zero-order valence-electron chi connectivity index (χ0n) is 15.9. The largest absolute Gasteiger partial charge is 0.497 e. The van der Waals surface area contributed by atoms with Crippen LogP contribution in [-0.2, 0) is 6.54 Å². The first-order valence-electron chi connectivity index (χ1n) is 8.77. The molecule has 0 atom stereocenters. The Labute approximate surface area is 180 Å². The number of imidazole rings is 1. The maximum absolute atomic E-state index is 12.9. The van der Waals surface area contributed by atoms with Crippen LogP contribution in [-0.4, -0.2) is 60.7 Å². The number of aromatic nitrogens is 2.